The number of Topliss-reactive ketones (excluding diaryl/α,β-unsaturated/α-hetero) is 1. The summed E-state index contributed by atoms with van der Waals surface area (Å²) in [6.07, 6.45) is 14.6. The minimum atomic E-state index is -0.110. The van der Waals surface area contributed by atoms with Crippen LogP contribution in [-0.2, 0) is 14.3 Å². The van der Waals surface area contributed by atoms with Crippen molar-refractivity contribution in [2.45, 2.75) is 97.0 Å². The zero-order chi connectivity index (χ0) is 18.8. The average Bonchev–Trinajstić information content (AvgIpc) is 3.01. The van der Waals surface area contributed by atoms with Gasteiger partial charge in [-0.15, -0.1) is 0 Å². The van der Waals surface area contributed by atoms with Crippen LogP contribution in [0.5, 0.6) is 0 Å². The molecule has 0 aliphatic heterocycles. The van der Waals surface area contributed by atoms with Crippen molar-refractivity contribution >= 4 is 11.8 Å². The fourth-order valence-electron chi connectivity index (χ4n) is 9.05. The summed E-state index contributed by atoms with van der Waals surface area (Å²) < 4.78 is 5.60. The number of ketones is 1. The van der Waals surface area contributed by atoms with Crippen LogP contribution in [0.4, 0.5) is 0 Å². The van der Waals surface area contributed by atoms with Crippen LogP contribution < -0.4 is 0 Å². The Hall–Kier alpha value is -0.860. The molecule has 0 amide bonds. The quantitative estimate of drug-likeness (QED) is 0.586. The van der Waals surface area contributed by atoms with Crippen molar-refractivity contribution in [1.82, 2.24) is 0 Å². The Morgan fingerprint density at radius 2 is 1.78 bits per heavy atom. The van der Waals surface area contributed by atoms with Crippen molar-refractivity contribution in [2.75, 3.05) is 0 Å². The monoisotopic (exact) mass is 372 g/mol. The number of hydrogen-bond donors (Lipinski definition) is 0. The molecule has 1 spiro atoms. The highest BCUT2D eigenvalue weighted by Gasteiger charge is 2.62. The molecule has 5 fully saturated rings. The van der Waals surface area contributed by atoms with E-state index in [1.165, 1.54) is 51.4 Å². The molecule has 8 atom stereocenters. The number of rotatable bonds is 1. The van der Waals surface area contributed by atoms with Crippen molar-refractivity contribution < 1.29 is 14.3 Å². The minimum Gasteiger partial charge on any atom is -0.463 e. The molecule has 5 aliphatic rings. The van der Waals surface area contributed by atoms with Gasteiger partial charge in [-0.3, -0.25) is 9.59 Å². The Kier molecular flexibility index (Phi) is 4.26. The standard InChI is InChI=1S/C24H36O3/c1-15(25)27-19-8-10-23(2)16(14-19)3-5-20-21(23)9-12-24-11-7-18(26)13-17(24)4-6-22(20)24/h16-17,19-22H,3-14H2,1-2H3/t16-,17+,19+,20+,21-,22-,23-,24?/m0/s1. The lowest BCUT2D eigenvalue weighted by atomic mass is 9.43. The first-order chi connectivity index (χ1) is 12.9. The highest BCUT2D eigenvalue weighted by Crippen LogP contribution is 2.69. The van der Waals surface area contributed by atoms with Gasteiger partial charge in [0.2, 0.25) is 0 Å². The lowest BCUT2D eigenvalue weighted by Crippen LogP contribution is -2.55. The smallest absolute Gasteiger partial charge is 0.302 e. The fourth-order valence-corrected chi connectivity index (χ4v) is 9.05. The second-order valence-corrected chi connectivity index (χ2v) is 11.0. The minimum absolute atomic E-state index is 0.110. The van der Waals surface area contributed by atoms with E-state index in [1.54, 1.807) is 6.92 Å². The molecule has 1 unspecified atom stereocenters. The van der Waals surface area contributed by atoms with Crippen molar-refractivity contribution in [3.05, 3.63) is 0 Å². The van der Waals surface area contributed by atoms with Crippen LogP contribution in [-0.4, -0.2) is 17.9 Å². The van der Waals surface area contributed by atoms with Crippen LogP contribution in [0.3, 0.4) is 0 Å². The molecule has 0 radical (unpaired) electrons. The van der Waals surface area contributed by atoms with Gasteiger partial charge in [0.15, 0.2) is 0 Å². The van der Waals surface area contributed by atoms with Gasteiger partial charge in [0.05, 0.1) is 0 Å². The lowest BCUT2D eigenvalue weighted by Gasteiger charge is -2.62. The Labute approximate surface area is 164 Å². The van der Waals surface area contributed by atoms with E-state index in [-0.39, 0.29) is 12.1 Å². The Morgan fingerprint density at radius 1 is 0.963 bits per heavy atom. The van der Waals surface area contributed by atoms with E-state index in [2.05, 4.69) is 6.92 Å². The molecule has 5 saturated carbocycles. The Bertz CT molecular complexity index is 642. The molecule has 3 heteroatoms. The number of hydrogen-bond acceptors (Lipinski definition) is 3. The Balaban J connectivity index is 1.36. The number of carbonyl (C=O) groups is 2. The van der Waals surface area contributed by atoms with E-state index in [4.69, 9.17) is 4.74 Å². The molecule has 27 heavy (non-hydrogen) atoms. The maximum Gasteiger partial charge on any atom is 0.302 e. The van der Waals surface area contributed by atoms with Gasteiger partial charge in [-0.2, -0.15) is 0 Å². The summed E-state index contributed by atoms with van der Waals surface area (Å²) in [4.78, 5) is 23.5. The van der Waals surface area contributed by atoms with Crippen LogP contribution in [0.1, 0.15) is 90.9 Å². The summed E-state index contributed by atoms with van der Waals surface area (Å²) >= 11 is 0. The van der Waals surface area contributed by atoms with Crippen LogP contribution in [0.15, 0.2) is 0 Å². The van der Waals surface area contributed by atoms with Gasteiger partial charge in [-0.25, -0.2) is 0 Å². The summed E-state index contributed by atoms with van der Waals surface area (Å²) in [6, 6.07) is 0. The first-order valence-corrected chi connectivity index (χ1v) is 11.6. The zero-order valence-corrected chi connectivity index (χ0v) is 17.2. The molecule has 3 nitrogen and oxygen atoms in total. The number of fused-ring (bicyclic) bond motifs is 4. The predicted octanol–water partition coefficient (Wildman–Crippen LogP) is 5.31. The predicted molar refractivity (Wildman–Crippen MR) is 104 cm³/mol. The van der Waals surface area contributed by atoms with Gasteiger partial charge in [0, 0.05) is 19.8 Å². The molecule has 0 N–H and O–H groups in total. The molecule has 0 heterocycles. The van der Waals surface area contributed by atoms with E-state index >= 15 is 0 Å². The molecule has 0 aromatic rings. The van der Waals surface area contributed by atoms with Gasteiger partial charge >= 0.3 is 5.97 Å². The first kappa shape index (κ1) is 18.2. The summed E-state index contributed by atoms with van der Waals surface area (Å²) in [6.45, 7) is 4.13. The fraction of sp³-hybridized carbons (Fsp3) is 0.917. The Morgan fingerprint density at radius 3 is 2.59 bits per heavy atom. The number of carbonyl (C=O) groups excluding carboxylic acids is 2. The van der Waals surface area contributed by atoms with E-state index in [0.717, 1.165) is 49.4 Å². The van der Waals surface area contributed by atoms with Crippen molar-refractivity contribution in [2.24, 2.45) is 40.4 Å². The van der Waals surface area contributed by atoms with Gasteiger partial charge in [-0.1, -0.05) is 6.92 Å². The second kappa shape index (κ2) is 6.32. The molecule has 0 aromatic heterocycles. The van der Waals surface area contributed by atoms with Crippen molar-refractivity contribution in [3.8, 4) is 0 Å². The topological polar surface area (TPSA) is 43.4 Å². The third kappa shape index (κ3) is 2.66. The molecule has 0 saturated heterocycles. The van der Waals surface area contributed by atoms with Gasteiger partial charge < -0.3 is 4.74 Å². The molecule has 0 aromatic carbocycles. The summed E-state index contributed by atoms with van der Waals surface area (Å²) in [5.74, 6) is 4.50. The van der Waals surface area contributed by atoms with E-state index in [9.17, 15) is 9.59 Å². The molecular formula is C24H36O3. The maximum absolute atomic E-state index is 12.1. The summed E-state index contributed by atoms with van der Waals surface area (Å²) in [5, 5.41) is 0. The maximum atomic E-state index is 12.1. The van der Waals surface area contributed by atoms with Gasteiger partial charge in [0.1, 0.15) is 11.9 Å². The van der Waals surface area contributed by atoms with Crippen molar-refractivity contribution in [1.29, 1.82) is 0 Å². The van der Waals surface area contributed by atoms with E-state index < -0.39 is 0 Å². The van der Waals surface area contributed by atoms with Gasteiger partial charge in [-0.05, 0) is 105 Å². The molecule has 5 aliphatic carbocycles. The molecule has 5 rings (SSSR count). The largest absolute Gasteiger partial charge is 0.463 e. The van der Waals surface area contributed by atoms with Crippen LogP contribution in [0.25, 0.3) is 0 Å². The normalized spacial score (nSPS) is 51.6. The van der Waals surface area contributed by atoms with Crippen LogP contribution in [0.2, 0.25) is 0 Å². The van der Waals surface area contributed by atoms with Crippen molar-refractivity contribution in [3.63, 3.8) is 0 Å². The summed E-state index contributed by atoms with van der Waals surface area (Å²) in [5.41, 5.74) is 0.969. The zero-order valence-electron chi connectivity index (χ0n) is 17.2. The van der Waals surface area contributed by atoms with E-state index in [0.29, 0.717) is 22.5 Å². The molecular weight excluding hydrogens is 336 g/mol. The van der Waals surface area contributed by atoms with Crippen LogP contribution >= 0.6 is 0 Å². The third-order valence-corrected chi connectivity index (χ3v) is 10.2. The summed E-state index contributed by atoms with van der Waals surface area (Å²) in [7, 11) is 0. The second-order valence-electron chi connectivity index (χ2n) is 11.0. The number of esters is 1. The highest BCUT2D eigenvalue weighted by molar-refractivity contribution is 5.79. The van der Waals surface area contributed by atoms with Crippen LogP contribution in [0, 0.1) is 40.4 Å². The third-order valence-electron chi connectivity index (χ3n) is 10.2. The molecule has 0 bridgehead atoms. The van der Waals surface area contributed by atoms with E-state index in [1.807, 2.05) is 0 Å². The highest BCUT2D eigenvalue weighted by atomic mass is 16.5. The first-order valence-electron chi connectivity index (χ1n) is 11.6. The van der Waals surface area contributed by atoms with Gasteiger partial charge in [0.25, 0.3) is 0 Å². The lowest BCUT2D eigenvalue weighted by molar-refractivity contribution is -0.162. The average molecular weight is 373 g/mol. The SMILES string of the molecule is CC(=O)O[C@@H]1CC[C@@]2(C)[C@@H](CC[C@H]3[C@@H]4CC[C@@H]5CC(=O)CCC54CC[C@@H]32)C1. The number of ether oxygens (including phenoxy) is 1. The molecule has 150 valence electrons.